The summed E-state index contributed by atoms with van der Waals surface area (Å²) in [5.74, 6) is -5.63. The van der Waals surface area contributed by atoms with Gasteiger partial charge in [0.25, 0.3) is 0 Å². The average molecular weight is 510 g/mol. The van der Waals surface area contributed by atoms with Gasteiger partial charge in [-0.1, -0.05) is 29.5 Å². The SMILES string of the molecule is Cn1nc(C(F)(F)C(F)(F)F)c(C(F)(F)F)c1-c1nnc(-c2cccc(C(=O)CC3CC3)c2)s1. The Balaban J connectivity index is 1.77. The predicted molar refractivity (Wildman–Crippen MR) is 104 cm³/mol. The Morgan fingerprint density at radius 2 is 1.71 bits per heavy atom. The highest BCUT2D eigenvalue weighted by Crippen LogP contribution is 2.50. The number of ketones is 1. The number of benzene rings is 1. The molecule has 182 valence electrons. The number of carbonyl (C=O) groups excluding carboxylic acids is 1. The standard InChI is InChI=1S/C20H14F8N4OS/c1-32-14(13(19(23,24)25)15(31-32)18(21,22)20(26,27)28)17-30-29-16(34-17)11-4-2-3-10(8-11)12(33)7-9-5-6-9/h2-4,8-9H,5-7H2,1H3. The third-order valence-electron chi connectivity index (χ3n) is 5.21. The second kappa shape index (κ2) is 8.10. The largest absolute Gasteiger partial charge is 0.459 e. The summed E-state index contributed by atoms with van der Waals surface area (Å²) in [7, 11) is 0.804. The summed E-state index contributed by atoms with van der Waals surface area (Å²) in [6, 6.07) is 6.12. The van der Waals surface area contributed by atoms with Gasteiger partial charge in [-0.25, -0.2) is 0 Å². The smallest absolute Gasteiger partial charge is 0.294 e. The Morgan fingerprint density at radius 3 is 2.29 bits per heavy atom. The first-order chi connectivity index (χ1) is 15.7. The zero-order chi connectivity index (χ0) is 25.1. The number of hydrogen-bond acceptors (Lipinski definition) is 5. The lowest BCUT2D eigenvalue weighted by atomic mass is 10.0. The van der Waals surface area contributed by atoms with Crippen LogP contribution in [0.15, 0.2) is 24.3 Å². The zero-order valence-electron chi connectivity index (χ0n) is 17.1. The van der Waals surface area contributed by atoms with Gasteiger partial charge in [0.2, 0.25) is 0 Å². The predicted octanol–water partition coefficient (Wildman–Crippen LogP) is 6.26. The van der Waals surface area contributed by atoms with Crippen molar-refractivity contribution in [1.29, 1.82) is 0 Å². The quantitative estimate of drug-likeness (QED) is 0.290. The minimum absolute atomic E-state index is 0.0505. The first-order valence-electron chi connectivity index (χ1n) is 9.77. The van der Waals surface area contributed by atoms with Crippen molar-refractivity contribution in [2.75, 3.05) is 0 Å². The minimum Gasteiger partial charge on any atom is -0.294 e. The van der Waals surface area contributed by atoms with Crippen LogP contribution in [0.4, 0.5) is 35.1 Å². The molecule has 2 heterocycles. The van der Waals surface area contributed by atoms with Gasteiger partial charge >= 0.3 is 18.3 Å². The van der Waals surface area contributed by atoms with Gasteiger partial charge in [-0.3, -0.25) is 9.48 Å². The van der Waals surface area contributed by atoms with E-state index in [0.717, 1.165) is 19.9 Å². The van der Waals surface area contributed by atoms with E-state index < -0.39 is 40.2 Å². The molecule has 5 nitrogen and oxygen atoms in total. The van der Waals surface area contributed by atoms with Gasteiger partial charge in [0.1, 0.15) is 16.3 Å². The maximum absolute atomic E-state index is 13.9. The first-order valence-corrected chi connectivity index (χ1v) is 10.6. The fraction of sp³-hybridized carbons (Fsp3) is 0.400. The van der Waals surface area contributed by atoms with E-state index in [9.17, 15) is 39.9 Å². The van der Waals surface area contributed by atoms with Crippen LogP contribution in [-0.2, 0) is 19.1 Å². The molecule has 4 rings (SSSR count). The van der Waals surface area contributed by atoms with Crippen molar-refractivity contribution in [3.05, 3.63) is 41.1 Å². The van der Waals surface area contributed by atoms with Crippen LogP contribution in [0.2, 0.25) is 0 Å². The monoisotopic (exact) mass is 510 g/mol. The van der Waals surface area contributed by atoms with Crippen LogP contribution >= 0.6 is 11.3 Å². The van der Waals surface area contributed by atoms with Crippen molar-refractivity contribution in [3.63, 3.8) is 0 Å². The summed E-state index contributed by atoms with van der Waals surface area (Å²) in [6.45, 7) is 0. The topological polar surface area (TPSA) is 60.7 Å². The number of nitrogens with zero attached hydrogens (tertiary/aromatic N) is 4. The summed E-state index contributed by atoms with van der Waals surface area (Å²) in [6.07, 6.45) is -9.59. The van der Waals surface area contributed by atoms with Crippen molar-refractivity contribution in [3.8, 4) is 21.3 Å². The molecule has 3 aromatic rings. The lowest BCUT2D eigenvalue weighted by Gasteiger charge is -2.19. The van der Waals surface area contributed by atoms with E-state index >= 15 is 0 Å². The van der Waals surface area contributed by atoms with Crippen LogP contribution < -0.4 is 0 Å². The van der Waals surface area contributed by atoms with E-state index in [1.54, 1.807) is 12.1 Å². The van der Waals surface area contributed by atoms with Crippen molar-refractivity contribution >= 4 is 17.1 Å². The van der Waals surface area contributed by atoms with E-state index in [2.05, 4.69) is 15.3 Å². The van der Waals surface area contributed by atoms with Crippen LogP contribution in [0, 0.1) is 5.92 Å². The number of carbonyl (C=O) groups is 1. The lowest BCUT2D eigenvalue weighted by molar-refractivity contribution is -0.292. The maximum Gasteiger partial charge on any atom is 0.459 e. The van der Waals surface area contributed by atoms with E-state index in [1.165, 1.54) is 12.1 Å². The highest BCUT2D eigenvalue weighted by molar-refractivity contribution is 7.17. The normalized spacial score (nSPS) is 15.1. The molecule has 0 unspecified atom stereocenters. The van der Waals surface area contributed by atoms with Crippen LogP contribution in [0.25, 0.3) is 21.3 Å². The zero-order valence-corrected chi connectivity index (χ0v) is 18.0. The summed E-state index contributed by atoms with van der Waals surface area (Å²) in [5, 5.41) is 9.70. The Bertz CT molecular complexity index is 1240. The number of alkyl halides is 8. The molecule has 1 fully saturated rings. The summed E-state index contributed by atoms with van der Waals surface area (Å²) < 4.78 is 108. The Hall–Kier alpha value is -2.90. The molecule has 0 radical (unpaired) electrons. The third-order valence-corrected chi connectivity index (χ3v) is 6.19. The second-order valence-electron chi connectivity index (χ2n) is 7.83. The molecule has 1 aromatic carbocycles. The molecular weight excluding hydrogens is 496 g/mol. The average Bonchev–Trinajstić information content (AvgIpc) is 3.27. The lowest BCUT2D eigenvalue weighted by Crippen LogP contribution is -2.36. The van der Waals surface area contributed by atoms with Gasteiger partial charge in [0, 0.05) is 24.6 Å². The molecule has 0 atom stereocenters. The third kappa shape index (κ3) is 4.42. The molecule has 34 heavy (non-hydrogen) atoms. The van der Waals surface area contributed by atoms with Gasteiger partial charge in [0.15, 0.2) is 16.5 Å². The molecule has 1 aliphatic rings. The van der Waals surface area contributed by atoms with Crippen molar-refractivity contribution < 1.29 is 39.9 Å². The Kier molecular flexibility index (Phi) is 5.77. The van der Waals surface area contributed by atoms with Gasteiger partial charge in [-0.05, 0) is 24.8 Å². The van der Waals surface area contributed by atoms with Crippen LogP contribution in [-0.4, -0.2) is 31.9 Å². The molecule has 0 N–H and O–H groups in total. The summed E-state index contributed by atoms with van der Waals surface area (Å²) in [4.78, 5) is 12.4. The van der Waals surface area contributed by atoms with Crippen molar-refractivity contribution in [2.45, 2.75) is 37.5 Å². The number of Topliss-reactive ketones (excluding diaryl/α,β-unsaturated/α-hetero) is 1. The molecule has 0 aliphatic heterocycles. The number of halogens is 8. The molecule has 0 bridgehead atoms. The van der Waals surface area contributed by atoms with Crippen molar-refractivity contribution in [1.82, 2.24) is 20.0 Å². The highest BCUT2D eigenvalue weighted by Gasteiger charge is 2.64. The molecule has 1 saturated carbocycles. The molecule has 0 saturated heterocycles. The second-order valence-corrected chi connectivity index (χ2v) is 8.81. The van der Waals surface area contributed by atoms with Crippen LogP contribution in [0.5, 0.6) is 0 Å². The molecule has 1 aliphatic carbocycles. The minimum atomic E-state index is -6.29. The maximum atomic E-state index is 13.9. The van der Waals surface area contributed by atoms with Gasteiger partial charge in [-0.2, -0.15) is 40.2 Å². The molecule has 0 amide bonds. The van der Waals surface area contributed by atoms with E-state index in [0.29, 0.717) is 34.8 Å². The fourth-order valence-corrected chi connectivity index (χ4v) is 4.28. The number of hydrogen-bond donors (Lipinski definition) is 0. The summed E-state index contributed by atoms with van der Waals surface area (Å²) >= 11 is 0.541. The highest BCUT2D eigenvalue weighted by atomic mass is 32.1. The van der Waals surface area contributed by atoms with Crippen molar-refractivity contribution in [2.24, 2.45) is 13.0 Å². The van der Waals surface area contributed by atoms with Crippen LogP contribution in [0.3, 0.4) is 0 Å². The van der Waals surface area contributed by atoms with E-state index in [1.807, 2.05) is 0 Å². The molecular formula is C20H14F8N4OS. The first kappa shape index (κ1) is 24.2. The fourth-order valence-electron chi connectivity index (χ4n) is 3.36. The van der Waals surface area contributed by atoms with Crippen LogP contribution in [0.1, 0.15) is 40.9 Å². The Morgan fingerprint density at radius 1 is 1.06 bits per heavy atom. The van der Waals surface area contributed by atoms with Gasteiger partial charge in [-0.15, -0.1) is 10.2 Å². The Labute approximate surface area is 190 Å². The molecule has 2 aromatic heterocycles. The van der Waals surface area contributed by atoms with Gasteiger partial charge in [0.05, 0.1) is 0 Å². The number of aryl methyl sites for hydroxylation is 1. The number of rotatable bonds is 6. The molecule has 0 spiro atoms. The molecule has 14 heteroatoms. The van der Waals surface area contributed by atoms with E-state index in [-0.39, 0.29) is 15.5 Å². The number of aromatic nitrogens is 4. The summed E-state index contributed by atoms with van der Waals surface area (Å²) in [5.41, 5.74) is -5.08. The van der Waals surface area contributed by atoms with E-state index in [4.69, 9.17) is 0 Å². The van der Waals surface area contributed by atoms with Gasteiger partial charge < -0.3 is 0 Å².